The first kappa shape index (κ1) is 57.0. The monoisotopic (exact) mass is 999 g/mol. The van der Waals surface area contributed by atoms with Gasteiger partial charge in [-0.2, -0.15) is 0 Å². The first-order chi connectivity index (χ1) is 32.0. The van der Waals surface area contributed by atoms with Gasteiger partial charge in [-0.3, -0.25) is 4.79 Å². The lowest BCUT2D eigenvalue weighted by Gasteiger charge is -2.52. The van der Waals surface area contributed by atoms with E-state index in [1.54, 1.807) is 0 Å². The van der Waals surface area contributed by atoms with Crippen molar-refractivity contribution in [3.8, 4) is 0 Å². The summed E-state index contributed by atoms with van der Waals surface area (Å²) >= 11 is 0. The highest BCUT2D eigenvalue weighted by atomic mass is 16.8. The molecule has 0 spiro atoms. The van der Waals surface area contributed by atoms with E-state index in [1.807, 2.05) is 0 Å². The standard InChI is InChI=1S/C38H65NO29/c1-9-18(48)23(53)26(56)35(59-9)65-30-16(8-44)63-34(67-32-22(52)15(7-43)61-37(28(32)58)64-29(13(47)5-41)20(50)12(46)4-40)17(39-11(3)45)31(30)66-38-33(25(55)21(51)14(6-42)62-38)68-36-27(57)24(54)19(49)10(2)60-36/h4,9-10,12-38,41-44,46-58H,5-8H2,1-3H3,(H,39,45)/t9-,10-,12-,13+,14+,15+,16+,17+,18+,19+,20+,21-,22-,23+,24+,25-,26-,27-,28+,29+,30+,31+,32-,33+,34-,35-,36-,37-,38-/m0/s1. The molecule has 68 heavy (non-hydrogen) atoms. The molecule has 30 heteroatoms. The maximum atomic E-state index is 13.1. The second kappa shape index (κ2) is 24.7. The number of hydrogen-bond donors (Lipinski definition) is 18. The Morgan fingerprint density at radius 3 is 1.50 bits per heavy atom. The van der Waals surface area contributed by atoms with Crippen molar-refractivity contribution in [2.75, 3.05) is 26.4 Å². The van der Waals surface area contributed by atoms with Crippen LogP contribution < -0.4 is 5.32 Å². The molecule has 0 aromatic carbocycles. The Balaban J connectivity index is 1.58. The fourth-order valence-electron chi connectivity index (χ4n) is 8.32. The van der Waals surface area contributed by atoms with Gasteiger partial charge in [0.25, 0.3) is 0 Å². The van der Waals surface area contributed by atoms with E-state index >= 15 is 0 Å². The first-order valence-corrected chi connectivity index (χ1v) is 21.6. The summed E-state index contributed by atoms with van der Waals surface area (Å²) in [7, 11) is 0. The van der Waals surface area contributed by atoms with Crippen LogP contribution in [0.5, 0.6) is 0 Å². The lowest BCUT2D eigenvalue weighted by molar-refractivity contribution is -0.399. The molecule has 0 aromatic heterocycles. The Labute approximate surface area is 386 Å². The minimum Gasteiger partial charge on any atom is -0.394 e. The second-order valence-corrected chi connectivity index (χ2v) is 17.1. The minimum absolute atomic E-state index is 0.138. The molecule has 0 aromatic rings. The van der Waals surface area contributed by atoms with Crippen LogP contribution >= 0.6 is 0 Å². The summed E-state index contributed by atoms with van der Waals surface area (Å²) in [5, 5.41) is 183. The largest absolute Gasteiger partial charge is 0.394 e. The number of aliphatic hydroxyl groups excluding tert-OH is 17. The fourth-order valence-corrected chi connectivity index (χ4v) is 8.32. The van der Waals surface area contributed by atoms with Gasteiger partial charge in [-0.1, -0.05) is 0 Å². The summed E-state index contributed by atoms with van der Waals surface area (Å²) in [6.45, 7) is -0.737. The van der Waals surface area contributed by atoms with Crippen LogP contribution in [0.4, 0.5) is 0 Å². The molecule has 29 atom stereocenters. The number of rotatable bonds is 19. The molecule has 0 radical (unpaired) electrons. The molecule has 5 fully saturated rings. The van der Waals surface area contributed by atoms with Crippen molar-refractivity contribution in [1.82, 2.24) is 5.32 Å². The van der Waals surface area contributed by atoms with Gasteiger partial charge in [0.2, 0.25) is 5.91 Å². The lowest BCUT2D eigenvalue weighted by atomic mass is 9.93. The van der Waals surface area contributed by atoms with E-state index in [2.05, 4.69) is 5.32 Å². The molecule has 30 nitrogen and oxygen atoms in total. The van der Waals surface area contributed by atoms with Crippen LogP contribution in [-0.4, -0.2) is 303 Å². The zero-order valence-corrected chi connectivity index (χ0v) is 36.7. The van der Waals surface area contributed by atoms with Crippen LogP contribution in [0.2, 0.25) is 0 Å². The number of carbonyl (C=O) groups excluding carboxylic acids is 2. The highest BCUT2D eigenvalue weighted by molar-refractivity contribution is 5.73. The van der Waals surface area contributed by atoms with Crippen LogP contribution in [0, 0.1) is 0 Å². The molecule has 5 saturated heterocycles. The van der Waals surface area contributed by atoms with E-state index in [1.165, 1.54) is 13.8 Å². The SMILES string of the molecule is CC(=O)N[C@H]1[C@H](O[C@H]2[C@@H](O)[C@@H](CO)O[C@@H](O[C@@H]([C@H](O)[C@@H](O)C=O)[C@H](O)CO)[C@@H]2O)O[C@H](CO)[C@@H](O[C@@H]2O[C@@H](C)[C@@H](O)[C@@H](O)[C@@H]2O)[C@@H]1O[C@@H]1O[C@H](CO)[C@H](O)[C@H](O)[C@H]1O[C@@H]1O[C@@H](C)[C@@H](O)[C@@H](O)[C@@H]1O. The number of carbonyl (C=O) groups is 2. The van der Waals surface area contributed by atoms with Gasteiger partial charge < -0.3 is 144 Å². The quantitative estimate of drug-likeness (QED) is 0.0534. The molecule has 5 aliphatic heterocycles. The van der Waals surface area contributed by atoms with E-state index in [9.17, 15) is 96.4 Å². The summed E-state index contributed by atoms with van der Waals surface area (Å²) in [6.07, 6.45) is -54.3. The smallest absolute Gasteiger partial charge is 0.217 e. The Kier molecular flexibility index (Phi) is 20.7. The zero-order chi connectivity index (χ0) is 50.6. The van der Waals surface area contributed by atoms with Gasteiger partial charge in [0.15, 0.2) is 37.7 Å². The van der Waals surface area contributed by atoms with Crippen LogP contribution in [0.1, 0.15) is 20.8 Å². The average molecular weight is 1000 g/mol. The summed E-state index contributed by atoms with van der Waals surface area (Å²) in [6, 6.07) is -1.90. The van der Waals surface area contributed by atoms with Crippen LogP contribution in [0.25, 0.3) is 0 Å². The number of amides is 1. The Hall–Kier alpha value is -1.94. The van der Waals surface area contributed by atoms with Crippen molar-refractivity contribution in [2.45, 2.75) is 199 Å². The molecule has 0 bridgehead atoms. The minimum atomic E-state index is -2.29. The second-order valence-electron chi connectivity index (χ2n) is 17.1. The van der Waals surface area contributed by atoms with Gasteiger partial charge in [-0.25, -0.2) is 0 Å². The first-order valence-electron chi connectivity index (χ1n) is 21.6. The van der Waals surface area contributed by atoms with Crippen molar-refractivity contribution in [3.63, 3.8) is 0 Å². The molecular weight excluding hydrogens is 934 g/mol. The van der Waals surface area contributed by atoms with Gasteiger partial charge >= 0.3 is 0 Å². The third-order valence-electron chi connectivity index (χ3n) is 12.3. The van der Waals surface area contributed by atoms with Crippen molar-refractivity contribution in [3.05, 3.63) is 0 Å². The van der Waals surface area contributed by atoms with E-state index < -0.39 is 210 Å². The van der Waals surface area contributed by atoms with Crippen LogP contribution in [0.3, 0.4) is 0 Å². The summed E-state index contributed by atoms with van der Waals surface area (Å²) in [4.78, 5) is 24.3. The summed E-state index contributed by atoms with van der Waals surface area (Å²) in [5.41, 5.74) is 0. The van der Waals surface area contributed by atoms with Crippen LogP contribution in [-0.2, 0) is 57.0 Å². The van der Waals surface area contributed by atoms with Crippen LogP contribution in [0.15, 0.2) is 0 Å². The molecule has 5 aliphatic rings. The third-order valence-corrected chi connectivity index (χ3v) is 12.3. The average Bonchev–Trinajstić information content (AvgIpc) is 3.31. The molecule has 5 rings (SSSR count). The van der Waals surface area contributed by atoms with Gasteiger partial charge in [0.05, 0.1) is 38.6 Å². The molecule has 0 saturated carbocycles. The van der Waals surface area contributed by atoms with E-state index in [0.29, 0.717) is 0 Å². The zero-order valence-electron chi connectivity index (χ0n) is 36.7. The van der Waals surface area contributed by atoms with E-state index in [0.717, 1.165) is 6.92 Å². The van der Waals surface area contributed by atoms with E-state index in [-0.39, 0.29) is 6.29 Å². The van der Waals surface area contributed by atoms with Crippen molar-refractivity contribution < 1.29 is 144 Å². The van der Waals surface area contributed by atoms with Gasteiger partial charge in [-0.05, 0) is 13.8 Å². The van der Waals surface area contributed by atoms with Crippen molar-refractivity contribution >= 4 is 12.2 Å². The maximum absolute atomic E-state index is 13.1. The predicted molar refractivity (Wildman–Crippen MR) is 209 cm³/mol. The Morgan fingerprint density at radius 2 is 1.00 bits per heavy atom. The topological polar surface area (TPSA) is 482 Å². The maximum Gasteiger partial charge on any atom is 0.217 e. The Morgan fingerprint density at radius 1 is 0.529 bits per heavy atom. The highest BCUT2D eigenvalue weighted by Gasteiger charge is 2.58. The molecule has 18 N–H and O–H groups in total. The highest BCUT2D eigenvalue weighted by Crippen LogP contribution is 2.37. The number of aldehydes is 1. The molecule has 396 valence electrons. The molecule has 0 aliphatic carbocycles. The van der Waals surface area contributed by atoms with Gasteiger partial charge in [0.1, 0.15) is 134 Å². The molecule has 1 amide bonds. The van der Waals surface area contributed by atoms with E-state index in [4.69, 9.17) is 47.4 Å². The number of ether oxygens (including phenoxy) is 10. The molecular formula is C38H65NO29. The Bertz CT molecular complexity index is 1580. The number of hydrogen-bond acceptors (Lipinski definition) is 29. The normalized spacial score (nSPS) is 47.7. The van der Waals surface area contributed by atoms with Gasteiger partial charge in [-0.15, -0.1) is 0 Å². The van der Waals surface area contributed by atoms with Gasteiger partial charge in [0, 0.05) is 6.92 Å². The molecule has 0 unspecified atom stereocenters. The van der Waals surface area contributed by atoms with Crippen molar-refractivity contribution in [1.29, 1.82) is 0 Å². The predicted octanol–water partition coefficient (Wildman–Crippen LogP) is -12.1. The third kappa shape index (κ3) is 12.3. The summed E-state index contributed by atoms with van der Waals surface area (Å²) in [5.74, 6) is -0.921. The number of aliphatic hydroxyl groups is 17. The lowest BCUT2D eigenvalue weighted by Crippen LogP contribution is -2.71. The molecule has 5 heterocycles. The fraction of sp³-hybridized carbons (Fsp3) is 0.947. The summed E-state index contributed by atoms with van der Waals surface area (Å²) < 4.78 is 58.3. The van der Waals surface area contributed by atoms with Crippen molar-refractivity contribution in [2.24, 2.45) is 0 Å². The number of nitrogens with one attached hydrogen (secondary N) is 1.